The van der Waals surface area contributed by atoms with Crippen molar-refractivity contribution in [1.29, 1.82) is 0 Å². The average molecular weight is 236 g/mol. The second-order valence-corrected chi connectivity index (χ2v) is 4.88. The zero-order chi connectivity index (χ0) is 12.5. The van der Waals surface area contributed by atoms with Crippen LogP contribution in [-0.4, -0.2) is 6.61 Å². The van der Waals surface area contributed by atoms with Gasteiger partial charge in [-0.1, -0.05) is 38.8 Å². The van der Waals surface area contributed by atoms with Gasteiger partial charge in [0, 0.05) is 5.92 Å². The summed E-state index contributed by atoms with van der Waals surface area (Å²) in [5, 5.41) is 0. The van der Waals surface area contributed by atoms with Gasteiger partial charge in [-0.2, -0.15) is 0 Å². The first-order chi connectivity index (χ1) is 8.33. The van der Waals surface area contributed by atoms with E-state index in [2.05, 4.69) is 39.0 Å². The first-order valence-corrected chi connectivity index (χ1v) is 7.32. The molecule has 0 aliphatic heterocycles. The molecular formula is C16H28O. The molecule has 0 spiro atoms. The first-order valence-electron chi connectivity index (χ1n) is 7.32. The Morgan fingerprint density at radius 2 is 2.06 bits per heavy atom. The molecule has 0 heterocycles. The van der Waals surface area contributed by atoms with E-state index in [4.69, 9.17) is 4.74 Å². The third-order valence-corrected chi connectivity index (χ3v) is 3.28. The van der Waals surface area contributed by atoms with Crippen LogP contribution >= 0.6 is 0 Å². The summed E-state index contributed by atoms with van der Waals surface area (Å²) in [6.07, 6.45) is 14.7. The smallest absolute Gasteiger partial charge is 0.0956 e. The summed E-state index contributed by atoms with van der Waals surface area (Å²) in [4.78, 5) is 0. The van der Waals surface area contributed by atoms with Crippen molar-refractivity contribution in [2.45, 2.75) is 59.3 Å². The van der Waals surface area contributed by atoms with Gasteiger partial charge in [0.05, 0.1) is 12.4 Å². The Hall–Kier alpha value is -0.720. The molecule has 0 aromatic heterocycles. The predicted octanol–water partition coefficient (Wildman–Crippen LogP) is 5.09. The third kappa shape index (κ3) is 5.43. The van der Waals surface area contributed by atoms with Gasteiger partial charge in [0.25, 0.3) is 0 Å². The van der Waals surface area contributed by atoms with Gasteiger partial charge in [0.15, 0.2) is 0 Å². The van der Waals surface area contributed by atoms with Gasteiger partial charge in [0.2, 0.25) is 0 Å². The lowest BCUT2D eigenvalue weighted by molar-refractivity contribution is 0.209. The minimum Gasteiger partial charge on any atom is -0.498 e. The average Bonchev–Trinajstić information content (AvgIpc) is 3.08. The Morgan fingerprint density at radius 3 is 2.71 bits per heavy atom. The van der Waals surface area contributed by atoms with Gasteiger partial charge in [-0.3, -0.25) is 0 Å². The lowest BCUT2D eigenvalue weighted by Crippen LogP contribution is -1.95. The molecule has 1 fully saturated rings. The van der Waals surface area contributed by atoms with E-state index in [0.717, 1.165) is 18.9 Å². The number of hydrogen-bond acceptors (Lipinski definition) is 1. The standard InChI is InChI=1S/C16H28O/c1-4-7-8-9-10-12-14-13-15(14)16(11-5-2)17-6-3/h10-12,14-15H,4-9,13H2,1-3H3/b12-10-,16-11+. The molecule has 0 aromatic rings. The minimum absolute atomic E-state index is 0.678. The molecule has 0 bridgehead atoms. The fourth-order valence-electron chi connectivity index (χ4n) is 2.22. The van der Waals surface area contributed by atoms with E-state index in [9.17, 15) is 0 Å². The molecule has 1 rings (SSSR count). The molecule has 0 radical (unpaired) electrons. The van der Waals surface area contributed by atoms with Crippen LogP contribution in [0.3, 0.4) is 0 Å². The molecule has 1 nitrogen and oxygen atoms in total. The summed E-state index contributed by atoms with van der Waals surface area (Å²) >= 11 is 0. The lowest BCUT2D eigenvalue weighted by atomic mass is 10.1. The molecule has 0 aromatic carbocycles. The van der Waals surface area contributed by atoms with Crippen molar-refractivity contribution in [1.82, 2.24) is 0 Å². The van der Waals surface area contributed by atoms with E-state index in [1.54, 1.807) is 0 Å². The van der Waals surface area contributed by atoms with Crippen LogP contribution in [-0.2, 0) is 4.74 Å². The highest BCUT2D eigenvalue weighted by Crippen LogP contribution is 2.45. The van der Waals surface area contributed by atoms with Crippen LogP contribution in [0.5, 0.6) is 0 Å². The predicted molar refractivity (Wildman–Crippen MR) is 74.9 cm³/mol. The zero-order valence-corrected chi connectivity index (χ0v) is 11.7. The molecular weight excluding hydrogens is 208 g/mol. The van der Waals surface area contributed by atoms with Crippen molar-refractivity contribution in [2.75, 3.05) is 6.61 Å². The van der Waals surface area contributed by atoms with Gasteiger partial charge < -0.3 is 4.74 Å². The highest BCUT2D eigenvalue weighted by atomic mass is 16.5. The first kappa shape index (κ1) is 14.3. The van der Waals surface area contributed by atoms with Crippen molar-refractivity contribution >= 4 is 0 Å². The van der Waals surface area contributed by atoms with Gasteiger partial charge >= 0.3 is 0 Å². The maximum Gasteiger partial charge on any atom is 0.0956 e. The summed E-state index contributed by atoms with van der Waals surface area (Å²) in [6.45, 7) is 7.30. The summed E-state index contributed by atoms with van der Waals surface area (Å²) in [5.74, 6) is 2.66. The van der Waals surface area contributed by atoms with Gasteiger partial charge in [0.1, 0.15) is 0 Å². The quantitative estimate of drug-likeness (QED) is 0.308. The van der Waals surface area contributed by atoms with Gasteiger partial charge in [-0.05, 0) is 44.6 Å². The van der Waals surface area contributed by atoms with E-state index in [-0.39, 0.29) is 0 Å². The zero-order valence-electron chi connectivity index (χ0n) is 11.7. The molecule has 1 saturated carbocycles. The Labute approximate surface area is 107 Å². The molecule has 1 aliphatic carbocycles. The molecule has 0 N–H and O–H groups in total. The number of hydrogen-bond donors (Lipinski definition) is 0. The minimum atomic E-state index is 0.678. The van der Waals surface area contributed by atoms with Crippen molar-refractivity contribution in [3.63, 3.8) is 0 Å². The largest absolute Gasteiger partial charge is 0.498 e. The third-order valence-electron chi connectivity index (χ3n) is 3.28. The Morgan fingerprint density at radius 1 is 1.24 bits per heavy atom. The fourth-order valence-corrected chi connectivity index (χ4v) is 2.22. The van der Waals surface area contributed by atoms with Crippen LogP contribution in [0.25, 0.3) is 0 Å². The molecule has 1 aliphatic rings. The highest BCUT2D eigenvalue weighted by molar-refractivity contribution is 5.15. The molecule has 0 amide bonds. The second kappa shape index (κ2) is 8.38. The van der Waals surface area contributed by atoms with Crippen LogP contribution < -0.4 is 0 Å². The van der Waals surface area contributed by atoms with Crippen molar-refractivity contribution < 1.29 is 4.74 Å². The lowest BCUT2D eigenvalue weighted by Gasteiger charge is -2.06. The highest BCUT2D eigenvalue weighted by Gasteiger charge is 2.38. The van der Waals surface area contributed by atoms with Crippen molar-refractivity contribution in [2.24, 2.45) is 11.8 Å². The van der Waals surface area contributed by atoms with Gasteiger partial charge in [-0.25, -0.2) is 0 Å². The van der Waals surface area contributed by atoms with Crippen LogP contribution in [0.1, 0.15) is 59.3 Å². The Bertz CT molecular complexity index is 252. The normalized spacial score (nSPS) is 24.3. The van der Waals surface area contributed by atoms with E-state index in [1.165, 1.54) is 37.9 Å². The topological polar surface area (TPSA) is 9.23 Å². The van der Waals surface area contributed by atoms with E-state index >= 15 is 0 Å². The number of rotatable bonds is 9. The molecule has 2 unspecified atom stereocenters. The molecule has 98 valence electrons. The van der Waals surface area contributed by atoms with E-state index < -0.39 is 0 Å². The number of ether oxygens (including phenoxy) is 1. The second-order valence-electron chi connectivity index (χ2n) is 4.88. The fraction of sp³-hybridized carbons (Fsp3) is 0.750. The summed E-state index contributed by atoms with van der Waals surface area (Å²) < 4.78 is 5.71. The summed E-state index contributed by atoms with van der Waals surface area (Å²) in [7, 11) is 0. The van der Waals surface area contributed by atoms with Crippen LogP contribution in [0.4, 0.5) is 0 Å². The van der Waals surface area contributed by atoms with Crippen molar-refractivity contribution in [3.8, 4) is 0 Å². The molecule has 1 heteroatoms. The van der Waals surface area contributed by atoms with Crippen LogP contribution in [0, 0.1) is 11.8 Å². The number of unbranched alkanes of at least 4 members (excludes halogenated alkanes) is 3. The Kier molecular flexibility index (Phi) is 7.07. The Balaban J connectivity index is 2.24. The van der Waals surface area contributed by atoms with E-state index in [1.807, 2.05) is 0 Å². The van der Waals surface area contributed by atoms with E-state index in [0.29, 0.717) is 5.92 Å². The van der Waals surface area contributed by atoms with Crippen LogP contribution in [0.2, 0.25) is 0 Å². The maximum atomic E-state index is 5.71. The SMILES string of the molecule is CC/C=C(/OCC)C1CC1/C=C\CCCCC. The van der Waals surface area contributed by atoms with Crippen LogP contribution in [0.15, 0.2) is 24.0 Å². The molecule has 2 atom stereocenters. The van der Waals surface area contributed by atoms with Gasteiger partial charge in [-0.15, -0.1) is 0 Å². The molecule has 17 heavy (non-hydrogen) atoms. The number of allylic oxidation sites excluding steroid dienone is 4. The summed E-state index contributed by atoms with van der Waals surface area (Å²) in [6, 6.07) is 0. The maximum absolute atomic E-state index is 5.71. The molecule has 0 saturated heterocycles. The monoisotopic (exact) mass is 236 g/mol. The summed E-state index contributed by atoms with van der Waals surface area (Å²) in [5.41, 5.74) is 0. The van der Waals surface area contributed by atoms with Crippen molar-refractivity contribution in [3.05, 3.63) is 24.0 Å².